The van der Waals surface area contributed by atoms with Crippen LogP contribution in [0.25, 0.3) is 0 Å². The van der Waals surface area contributed by atoms with Crippen LogP contribution in [-0.4, -0.2) is 29.3 Å². The summed E-state index contributed by atoms with van der Waals surface area (Å²) in [6, 6.07) is 31.8. The van der Waals surface area contributed by atoms with E-state index in [1.54, 1.807) is 0 Å². The molecule has 0 saturated carbocycles. The number of hydrogen-bond acceptors (Lipinski definition) is 2. The maximum absolute atomic E-state index is 13.2. The molecule has 3 nitrogen and oxygen atoms in total. The van der Waals surface area contributed by atoms with Crippen molar-refractivity contribution in [3.8, 4) is 0 Å². The van der Waals surface area contributed by atoms with Gasteiger partial charge in [0.15, 0.2) is 0 Å². The molecule has 33 heavy (non-hydrogen) atoms. The molecule has 0 fully saturated rings. The van der Waals surface area contributed by atoms with Crippen molar-refractivity contribution < 1.29 is 8.95 Å². The Morgan fingerprint density at radius 1 is 0.848 bits per heavy atom. The van der Waals surface area contributed by atoms with Crippen molar-refractivity contribution >= 4 is 29.4 Å². The fourth-order valence-corrected chi connectivity index (χ4v) is 9.75. The Kier molecular flexibility index (Phi) is 9.21. The minimum absolute atomic E-state index is 0.114. The van der Waals surface area contributed by atoms with E-state index in [4.69, 9.17) is 4.74 Å². The summed E-state index contributed by atoms with van der Waals surface area (Å²) >= 11 is 0. The molecule has 3 aromatic carbocycles. The zero-order valence-electron chi connectivity index (χ0n) is 20.3. The highest BCUT2D eigenvalue weighted by Crippen LogP contribution is 2.19. The normalized spacial score (nSPS) is 14.1. The Morgan fingerprint density at radius 2 is 1.33 bits per heavy atom. The third kappa shape index (κ3) is 6.97. The molecule has 2 atom stereocenters. The van der Waals surface area contributed by atoms with Gasteiger partial charge >= 0.3 is 0 Å². The summed E-state index contributed by atoms with van der Waals surface area (Å²) in [6.45, 7) is 9.79. The summed E-state index contributed by atoms with van der Waals surface area (Å²) in [4.78, 5) is 0. The second kappa shape index (κ2) is 11.9. The van der Waals surface area contributed by atoms with Gasteiger partial charge in [-0.25, -0.2) is 8.93 Å². The number of benzene rings is 3. The van der Waals surface area contributed by atoms with Crippen molar-refractivity contribution in [3.63, 3.8) is 0 Å². The van der Waals surface area contributed by atoms with Crippen LogP contribution in [0.5, 0.6) is 0 Å². The molecule has 3 aromatic rings. The van der Waals surface area contributed by atoms with Gasteiger partial charge in [-0.15, -0.1) is 0 Å². The Morgan fingerprint density at radius 3 is 1.82 bits per heavy atom. The third-order valence-corrected chi connectivity index (χ3v) is 12.9. The average molecular weight is 480 g/mol. The van der Waals surface area contributed by atoms with Gasteiger partial charge in [0.05, 0.1) is 22.3 Å². The lowest BCUT2D eigenvalue weighted by Crippen LogP contribution is -2.69. The van der Waals surface area contributed by atoms with E-state index < -0.39 is 19.1 Å². The van der Waals surface area contributed by atoms with Gasteiger partial charge in [-0.05, 0) is 39.2 Å². The fourth-order valence-electron chi connectivity index (χ4n) is 4.06. The van der Waals surface area contributed by atoms with Gasteiger partial charge in [0, 0.05) is 12.3 Å². The highest BCUT2D eigenvalue weighted by atomic mass is 32.2. The first kappa shape index (κ1) is 25.6. The zero-order chi connectivity index (χ0) is 23.7. The lowest BCUT2D eigenvalue weighted by Gasteiger charge is -2.38. The van der Waals surface area contributed by atoms with Crippen LogP contribution in [0.4, 0.5) is 0 Å². The topological polar surface area (TPSA) is 38.3 Å². The van der Waals surface area contributed by atoms with Gasteiger partial charge in [0.2, 0.25) is 0 Å². The molecule has 0 aliphatic heterocycles. The molecule has 0 aliphatic rings. The molecule has 0 aliphatic carbocycles. The summed E-state index contributed by atoms with van der Waals surface area (Å²) in [7, 11) is -3.41. The van der Waals surface area contributed by atoms with Crippen LogP contribution in [0.15, 0.2) is 91.0 Å². The van der Waals surface area contributed by atoms with E-state index in [0.717, 1.165) is 12.8 Å². The van der Waals surface area contributed by atoms with Crippen LogP contribution < -0.4 is 15.1 Å². The van der Waals surface area contributed by atoms with E-state index in [0.29, 0.717) is 13.2 Å². The molecule has 0 aromatic heterocycles. The van der Waals surface area contributed by atoms with Gasteiger partial charge in [0.1, 0.15) is 8.07 Å². The van der Waals surface area contributed by atoms with E-state index >= 15 is 0 Å². The van der Waals surface area contributed by atoms with Gasteiger partial charge in [-0.2, -0.15) is 0 Å². The summed E-state index contributed by atoms with van der Waals surface area (Å²) in [5.41, 5.74) is 1.30. The smallest absolute Gasteiger partial charge is 0.132 e. The third-order valence-electron chi connectivity index (χ3n) is 6.14. The predicted molar refractivity (Wildman–Crippen MR) is 144 cm³/mol. The van der Waals surface area contributed by atoms with E-state index in [-0.39, 0.29) is 10.4 Å². The quantitative estimate of drug-likeness (QED) is 0.316. The van der Waals surface area contributed by atoms with Crippen LogP contribution >= 0.6 is 0 Å². The standard InChI is InChI=1S/C28H37NO2SSi/c1-28(2,3)32(30)29-27(21-14-22-31-23-24-15-8-5-9-16-24)33(4,25-17-10-6-11-18-25)26-19-12-7-13-20-26/h5-13,15-20,27,29H,14,21-23H2,1-4H3/t27-,32-/m1/s1. The van der Waals surface area contributed by atoms with E-state index in [2.05, 4.69) is 84.1 Å². The zero-order valence-corrected chi connectivity index (χ0v) is 22.1. The van der Waals surface area contributed by atoms with Crippen molar-refractivity contribution in [2.45, 2.75) is 57.2 Å². The number of ether oxygens (including phenoxy) is 1. The van der Waals surface area contributed by atoms with E-state index in [9.17, 15) is 4.21 Å². The fraction of sp³-hybridized carbons (Fsp3) is 0.357. The molecule has 0 bridgehead atoms. The molecule has 5 heteroatoms. The van der Waals surface area contributed by atoms with Crippen molar-refractivity contribution in [1.29, 1.82) is 0 Å². The van der Waals surface area contributed by atoms with Crippen molar-refractivity contribution in [2.24, 2.45) is 0 Å². The van der Waals surface area contributed by atoms with Crippen LogP contribution in [-0.2, 0) is 22.3 Å². The molecule has 0 heterocycles. The van der Waals surface area contributed by atoms with Gasteiger partial charge in [-0.1, -0.05) is 108 Å². The molecule has 0 amide bonds. The second-order valence-electron chi connectivity index (χ2n) is 9.67. The van der Waals surface area contributed by atoms with E-state index in [1.807, 2.05) is 39.0 Å². The summed E-state index contributed by atoms with van der Waals surface area (Å²) in [5.74, 6) is 0. The molecule has 176 valence electrons. The van der Waals surface area contributed by atoms with Crippen LogP contribution in [0.2, 0.25) is 6.55 Å². The minimum atomic E-state index is -2.26. The molecular weight excluding hydrogens is 442 g/mol. The number of hydrogen-bond donors (Lipinski definition) is 1. The highest BCUT2D eigenvalue weighted by Gasteiger charge is 2.41. The lowest BCUT2D eigenvalue weighted by atomic mass is 10.2. The lowest BCUT2D eigenvalue weighted by molar-refractivity contribution is 0.117. The number of nitrogens with one attached hydrogen (secondary N) is 1. The molecule has 0 radical (unpaired) electrons. The Balaban J connectivity index is 1.83. The first-order valence-electron chi connectivity index (χ1n) is 11.7. The highest BCUT2D eigenvalue weighted by molar-refractivity contribution is 7.84. The summed E-state index contributed by atoms with van der Waals surface area (Å²) < 4.78 is 22.5. The first-order chi connectivity index (χ1) is 15.8. The molecule has 3 rings (SSSR count). The molecule has 1 N–H and O–H groups in total. The van der Waals surface area contributed by atoms with Gasteiger partial charge in [-0.3, -0.25) is 0 Å². The summed E-state index contributed by atoms with van der Waals surface area (Å²) in [5, 5.41) is 2.70. The van der Waals surface area contributed by atoms with Crippen LogP contribution in [0.3, 0.4) is 0 Å². The maximum Gasteiger partial charge on any atom is 0.132 e. The van der Waals surface area contributed by atoms with Crippen LogP contribution in [0.1, 0.15) is 39.2 Å². The monoisotopic (exact) mass is 479 g/mol. The average Bonchev–Trinajstić information content (AvgIpc) is 2.83. The Bertz CT molecular complexity index is 951. The molecule has 0 unspecified atom stereocenters. The van der Waals surface area contributed by atoms with Crippen molar-refractivity contribution in [3.05, 3.63) is 96.6 Å². The van der Waals surface area contributed by atoms with Gasteiger partial charge < -0.3 is 4.74 Å². The second-order valence-corrected chi connectivity index (χ2v) is 15.9. The maximum atomic E-state index is 13.2. The SMILES string of the molecule is CC(C)(C)[S@@](=O)N[C@@H](CCCOCc1ccccc1)[Si](C)(c1ccccc1)c1ccccc1. The largest absolute Gasteiger partial charge is 0.377 e. The predicted octanol–water partition coefficient (Wildman–Crippen LogP) is 4.84. The van der Waals surface area contributed by atoms with Crippen molar-refractivity contribution in [1.82, 2.24) is 4.72 Å². The molecule has 0 spiro atoms. The Labute approximate surface area is 203 Å². The molecule has 0 saturated heterocycles. The summed E-state index contributed by atoms with van der Waals surface area (Å²) in [6.07, 6.45) is 1.82. The first-order valence-corrected chi connectivity index (χ1v) is 15.5. The van der Waals surface area contributed by atoms with E-state index in [1.165, 1.54) is 15.9 Å². The number of rotatable bonds is 11. The molecular formula is C28H37NO2SSi. The minimum Gasteiger partial charge on any atom is -0.377 e. The van der Waals surface area contributed by atoms with Crippen molar-refractivity contribution in [2.75, 3.05) is 6.61 Å². The van der Waals surface area contributed by atoms with Crippen LogP contribution in [0, 0.1) is 0 Å². The van der Waals surface area contributed by atoms with Gasteiger partial charge in [0.25, 0.3) is 0 Å². The Hall–Kier alpha value is -2.05.